The Kier molecular flexibility index (Phi) is 7.97. The summed E-state index contributed by atoms with van der Waals surface area (Å²) in [6.07, 6.45) is 0. The van der Waals surface area contributed by atoms with Crippen LogP contribution in [0.5, 0.6) is 0 Å². The van der Waals surface area contributed by atoms with Crippen molar-refractivity contribution in [1.29, 1.82) is 0 Å². The molecule has 0 amide bonds. The van der Waals surface area contributed by atoms with E-state index in [1.165, 1.54) is 4.70 Å². The molecule has 0 spiro atoms. The van der Waals surface area contributed by atoms with Gasteiger partial charge in [-0.2, -0.15) is 0 Å². The first kappa shape index (κ1) is 33.0. The monoisotopic (exact) mass is 744 g/mol. The summed E-state index contributed by atoms with van der Waals surface area (Å²) < 4.78 is 2.32. The number of hydrogen-bond acceptors (Lipinski definition) is 5. The number of rotatable bonds is 6. The van der Waals surface area contributed by atoms with E-state index < -0.39 is 0 Å². The smallest absolute Gasteiger partial charge is 0.160 e. The van der Waals surface area contributed by atoms with Gasteiger partial charge in [-0.1, -0.05) is 164 Å². The molecule has 0 aliphatic carbocycles. The number of nitrogens with zero attached hydrogens (tertiary/aromatic N) is 4. The lowest BCUT2D eigenvalue weighted by Crippen LogP contribution is -1.96. The van der Waals surface area contributed by atoms with Crippen molar-refractivity contribution >= 4 is 53.3 Å². The van der Waals surface area contributed by atoms with E-state index in [2.05, 4.69) is 182 Å². The van der Waals surface area contributed by atoms with Crippen molar-refractivity contribution in [2.75, 3.05) is 0 Å². The van der Waals surface area contributed by atoms with Gasteiger partial charge < -0.3 is 0 Å². The Bertz CT molecular complexity index is 3300. The van der Waals surface area contributed by atoms with Gasteiger partial charge in [-0.3, -0.25) is 0 Å². The zero-order chi connectivity index (χ0) is 37.7. The molecule has 0 N–H and O–H groups in total. The second-order valence-electron chi connectivity index (χ2n) is 14.2. The van der Waals surface area contributed by atoms with E-state index in [0.717, 1.165) is 93.2 Å². The second kappa shape index (κ2) is 13.7. The molecule has 4 nitrogen and oxygen atoms in total. The fourth-order valence-corrected chi connectivity index (χ4v) is 9.03. The van der Waals surface area contributed by atoms with E-state index >= 15 is 0 Å². The molecule has 0 radical (unpaired) electrons. The highest BCUT2D eigenvalue weighted by Gasteiger charge is 2.18. The van der Waals surface area contributed by atoms with Crippen LogP contribution < -0.4 is 0 Å². The topological polar surface area (TPSA) is 51.6 Å². The SMILES string of the molecule is c1ccc(-c2nc(-c3cccc(-c4cccc(-c5cccc(-c6nc(-c7ccccc7)c7sc8ccccc8c7n6)c5)c4)c3)nc3c2ccc2ccccc23)cc1. The molecule has 0 saturated heterocycles. The molecule has 0 aliphatic heterocycles. The summed E-state index contributed by atoms with van der Waals surface area (Å²) in [5, 5.41) is 4.47. The minimum Gasteiger partial charge on any atom is -0.227 e. The van der Waals surface area contributed by atoms with Crippen molar-refractivity contribution in [3.8, 4) is 67.5 Å². The first-order chi connectivity index (χ1) is 28.2. The maximum atomic E-state index is 5.23. The number of thiophene rings is 1. The maximum absolute atomic E-state index is 5.23. The fraction of sp³-hybridized carbons (Fsp3) is 0. The van der Waals surface area contributed by atoms with Gasteiger partial charge in [0.05, 0.1) is 27.1 Å². The van der Waals surface area contributed by atoms with Gasteiger partial charge in [0.25, 0.3) is 0 Å². The summed E-state index contributed by atoms with van der Waals surface area (Å²) in [5.74, 6) is 1.42. The predicted molar refractivity (Wildman–Crippen MR) is 238 cm³/mol. The summed E-state index contributed by atoms with van der Waals surface area (Å²) in [5.41, 5.74) is 12.4. The van der Waals surface area contributed by atoms with Crippen LogP contribution in [0.1, 0.15) is 0 Å². The fourth-order valence-electron chi connectivity index (χ4n) is 7.87. The van der Waals surface area contributed by atoms with Crippen LogP contribution in [0.2, 0.25) is 0 Å². The number of fused-ring (bicyclic) bond motifs is 6. The number of hydrogen-bond donors (Lipinski definition) is 0. The van der Waals surface area contributed by atoms with Crippen LogP contribution in [0.4, 0.5) is 0 Å². The largest absolute Gasteiger partial charge is 0.227 e. The van der Waals surface area contributed by atoms with E-state index in [9.17, 15) is 0 Å². The standard InChI is InChI=1S/C52H32N4S/c1-3-15-34(16-4-1)46-44-29-28-33-14-7-8-25-42(33)48(44)55-51(53-46)40-23-12-21-38(31-40)36-19-11-20-37(30-36)39-22-13-24-41(32-39)52-54-47(35-17-5-2-6-18-35)50-49(56-52)43-26-9-10-27-45(43)57-50/h1-32H. The van der Waals surface area contributed by atoms with Gasteiger partial charge in [0.15, 0.2) is 11.6 Å². The molecule has 11 rings (SSSR count). The van der Waals surface area contributed by atoms with Crippen LogP contribution in [0.3, 0.4) is 0 Å². The Balaban J connectivity index is 0.994. The number of benzene rings is 8. The van der Waals surface area contributed by atoms with Crippen molar-refractivity contribution < 1.29 is 0 Å². The molecule has 0 aliphatic rings. The Morgan fingerprint density at radius 3 is 1.42 bits per heavy atom. The molecule has 8 aromatic carbocycles. The van der Waals surface area contributed by atoms with Gasteiger partial charge in [0, 0.05) is 43.1 Å². The third-order valence-electron chi connectivity index (χ3n) is 10.7. The normalized spacial score (nSPS) is 11.5. The highest BCUT2D eigenvalue weighted by molar-refractivity contribution is 7.26. The van der Waals surface area contributed by atoms with E-state index in [4.69, 9.17) is 19.9 Å². The molecule has 0 bridgehead atoms. The maximum Gasteiger partial charge on any atom is 0.160 e. The summed E-state index contributed by atoms with van der Waals surface area (Å²) in [7, 11) is 0. The zero-order valence-electron chi connectivity index (χ0n) is 30.7. The first-order valence-corrected chi connectivity index (χ1v) is 19.9. The van der Waals surface area contributed by atoms with Crippen molar-refractivity contribution in [1.82, 2.24) is 19.9 Å². The van der Waals surface area contributed by atoms with Gasteiger partial charge in [-0.05, 0) is 58.0 Å². The van der Waals surface area contributed by atoms with Crippen LogP contribution >= 0.6 is 11.3 Å². The minimum atomic E-state index is 0.702. The predicted octanol–water partition coefficient (Wildman–Crippen LogP) is 13.9. The quantitative estimate of drug-likeness (QED) is 0.159. The average Bonchev–Trinajstić information content (AvgIpc) is 3.68. The van der Waals surface area contributed by atoms with Crippen molar-refractivity contribution in [2.45, 2.75) is 0 Å². The van der Waals surface area contributed by atoms with Gasteiger partial charge in [-0.25, -0.2) is 19.9 Å². The van der Waals surface area contributed by atoms with E-state index in [1.807, 2.05) is 12.1 Å². The highest BCUT2D eigenvalue weighted by atomic mass is 32.1. The van der Waals surface area contributed by atoms with Gasteiger partial charge in [-0.15, -0.1) is 11.3 Å². The van der Waals surface area contributed by atoms with Gasteiger partial charge in [0.1, 0.15) is 0 Å². The Hall–Kier alpha value is -7.34. The lowest BCUT2D eigenvalue weighted by Gasteiger charge is -2.12. The van der Waals surface area contributed by atoms with E-state index in [-0.39, 0.29) is 0 Å². The molecule has 3 heterocycles. The second-order valence-corrected chi connectivity index (χ2v) is 15.3. The van der Waals surface area contributed by atoms with Gasteiger partial charge >= 0.3 is 0 Å². The lowest BCUT2D eigenvalue weighted by molar-refractivity contribution is 1.23. The van der Waals surface area contributed by atoms with E-state index in [1.54, 1.807) is 11.3 Å². The summed E-state index contributed by atoms with van der Waals surface area (Å²) in [6, 6.07) is 68.0. The molecule has 0 saturated carbocycles. The lowest BCUT2D eigenvalue weighted by atomic mass is 9.96. The molecule has 3 aromatic heterocycles. The summed E-state index contributed by atoms with van der Waals surface area (Å²) in [6.45, 7) is 0. The molecule has 11 aromatic rings. The molecule has 0 atom stereocenters. The first-order valence-electron chi connectivity index (χ1n) is 19.0. The van der Waals surface area contributed by atoms with Gasteiger partial charge in [0.2, 0.25) is 0 Å². The molecule has 57 heavy (non-hydrogen) atoms. The average molecular weight is 745 g/mol. The Morgan fingerprint density at radius 1 is 0.298 bits per heavy atom. The Labute approximate surface area is 333 Å². The third kappa shape index (κ3) is 5.93. The third-order valence-corrected chi connectivity index (χ3v) is 11.8. The molecular formula is C52H32N4S. The summed E-state index contributed by atoms with van der Waals surface area (Å²) in [4.78, 5) is 20.9. The van der Waals surface area contributed by atoms with Crippen molar-refractivity contribution in [2.24, 2.45) is 0 Å². The molecule has 0 unspecified atom stereocenters. The molecule has 0 fully saturated rings. The minimum absolute atomic E-state index is 0.702. The van der Waals surface area contributed by atoms with Crippen LogP contribution in [0.25, 0.3) is 110 Å². The number of aromatic nitrogens is 4. The van der Waals surface area contributed by atoms with Crippen molar-refractivity contribution in [3.05, 3.63) is 194 Å². The van der Waals surface area contributed by atoms with Crippen LogP contribution in [0, 0.1) is 0 Å². The summed E-state index contributed by atoms with van der Waals surface area (Å²) >= 11 is 1.75. The van der Waals surface area contributed by atoms with Crippen LogP contribution in [0.15, 0.2) is 194 Å². The highest BCUT2D eigenvalue weighted by Crippen LogP contribution is 2.40. The molecule has 266 valence electrons. The van der Waals surface area contributed by atoms with Crippen molar-refractivity contribution in [3.63, 3.8) is 0 Å². The molecular weight excluding hydrogens is 713 g/mol. The van der Waals surface area contributed by atoms with E-state index in [0.29, 0.717) is 11.6 Å². The molecule has 5 heteroatoms. The van der Waals surface area contributed by atoms with Crippen LogP contribution in [-0.2, 0) is 0 Å². The van der Waals surface area contributed by atoms with Crippen LogP contribution in [-0.4, -0.2) is 19.9 Å². The zero-order valence-corrected chi connectivity index (χ0v) is 31.5. The Morgan fingerprint density at radius 2 is 0.772 bits per heavy atom.